The van der Waals surface area contributed by atoms with Gasteiger partial charge in [-0.15, -0.1) is 0 Å². The highest BCUT2D eigenvalue weighted by atomic mass is 16.2. The number of rotatable bonds is 5. The molecule has 2 rings (SSSR count). The van der Waals surface area contributed by atoms with Gasteiger partial charge in [0.15, 0.2) is 0 Å². The smallest absolute Gasteiger partial charge is 0.246 e. The number of carbonyl (C=O) groups excluding carboxylic acids is 2. The lowest BCUT2D eigenvalue weighted by Crippen LogP contribution is -2.38. The van der Waals surface area contributed by atoms with Crippen LogP contribution >= 0.6 is 0 Å². The number of nitrogens with one attached hydrogen (secondary N) is 3. The largest absolute Gasteiger partial charge is 0.355 e. The highest BCUT2D eigenvalue weighted by Gasteiger charge is 2.30. The van der Waals surface area contributed by atoms with E-state index in [0.717, 1.165) is 23.2 Å². The summed E-state index contributed by atoms with van der Waals surface area (Å²) in [6.45, 7) is 4.78. The molecule has 5 heteroatoms. The number of anilines is 1. The average Bonchev–Trinajstić information content (AvgIpc) is 2.69. The molecule has 3 N–H and O–H groups in total. The number of hydrogen-bond acceptors (Lipinski definition) is 3. The molecule has 2 amide bonds. The Balaban J connectivity index is 2.00. The second-order valence-electron chi connectivity index (χ2n) is 4.74. The summed E-state index contributed by atoms with van der Waals surface area (Å²) in [5.74, 6) is -0.195. The summed E-state index contributed by atoms with van der Waals surface area (Å²) in [5.41, 5.74) is 2.83. The summed E-state index contributed by atoms with van der Waals surface area (Å²) in [6.07, 6.45) is 0.900. The topological polar surface area (TPSA) is 70.2 Å². The van der Waals surface area contributed by atoms with Gasteiger partial charge in [-0.1, -0.05) is 24.6 Å². The minimum atomic E-state index is -0.442. The fourth-order valence-corrected chi connectivity index (χ4v) is 2.11. The maximum Gasteiger partial charge on any atom is 0.246 e. The van der Waals surface area contributed by atoms with E-state index in [4.69, 9.17) is 0 Å². The van der Waals surface area contributed by atoms with Crippen molar-refractivity contribution < 1.29 is 9.59 Å². The van der Waals surface area contributed by atoms with Gasteiger partial charge in [-0.3, -0.25) is 14.9 Å². The molecule has 1 aliphatic heterocycles. The molecule has 0 bridgehead atoms. The molecule has 0 aliphatic carbocycles. The molecule has 1 aromatic carbocycles. The lowest BCUT2D eigenvalue weighted by molar-refractivity contribution is -0.121. The summed E-state index contributed by atoms with van der Waals surface area (Å²) >= 11 is 0. The van der Waals surface area contributed by atoms with Gasteiger partial charge in [-0.2, -0.15) is 0 Å². The zero-order valence-corrected chi connectivity index (χ0v) is 11.2. The van der Waals surface area contributed by atoms with E-state index in [1.807, 2.05) is 32.0 Å². The number of amides is 2. The van der Waals surface area contributed by atoms with Crippen LogP contribution in [0, 0.1) is 6.92 Å². The van der Waals surface area contributed by atoms with Gasteiger partial charge >= 0.3 is 0 Å². The first kappa shape index (κ1) is 13.5. The molecule has 1 aliphatic rings. The zero-order chi connectivity index (χ0) is 13.8. The van der Waals surface area contributed by atoms with Crippen LogP contribution in [-0.4, -0.2) is 24.9 Å². The summed E-state index contributed by atoms with van der Waals surface area (Å²) < 4.78 is 0. The number of hydrogen-bond donors (Lipinski definition) is 3. The summed E-state index contributed by atoms with van der Waals surface area (Å²) in [4.78, 5) is 23.4. The Kier molecular flexibility index (Phi) is 4.16. The van der Waals surface area contributed by atoms with E-state index in [9.17, 15) is 9.59 Å². The van der Waals surface area contributed by atoms with E-state index >= 15 is 0 Å². The second-order valence-corrected chi connectivity index (χ2v) is 4.74. The van der Waals surface area contributed by atoms with Gasteiger partial charge in [0.2, 0.25) is 11.8 Å². The predicted octanol–water partition coefficient (Wildman–Crippen LogP) is 1.10. The Hall–Kier alpha value is -1.88. The van der Waals surface area contributed by atoms with Crippen LogP contribution in [0.25, 0.3) is 0 Å². The third-order valence-electron chi connectivity index (χ3n) is 3.08. The molecule has 1 atom stereocenters. The van der Waals surface area contributed by atoms with E-state index < -0.39 is 6.04 Å². The number of aryl methyl sites for hydroxylation is 1. The van der Waals surface area contributed by atoms with Crippen LogP contribution in [0.2, 0.25) is 0 Å². The van der Waals surface area contributed by atoms with E-state index in [2.05, 4.69) is 16.0 Å². The van der Waals surface area contributed by atoms with Gasteiger partial charge < -0.3 is 10.6 Å². The van der Waals surface area contributed by atoms with Crippen molar-refractivity contribution in [2.24, 2.45) is 0 Å². The molecule has 19 heavy (non-hydrogen) atoms. The molecule has 1 aromatic rings. The Labute approximate surface area is 112 Å². The van der Waals surface area contributed by atoms with Crippen LogP contribution in [0.3, 0.4) is 0 Å². The Bertz CT molecular complexity index is 499. The van der Waals surface area contributed by atoms with Crippen molar-refractivity contribution in [3.63, 3.8) is 0 Å². The van der Waals surface area contributed by atoms with Crippen molar-refractivity contribution in [2.45, 2.75) is 26.3 Å². The third kappa shape index (κ3) is 3.12. The first-order chi connectivity index (χ1) is 9.11. The van der Waals surface area contributed by atoms with Crippen molar-refractivity contribution >= 4 is 17.5 Å². The van der Waals surface area contributed by atoms with Gasteiger partial charge in [0.05, 0.1) is 6.54 Å². The van der Waals surface area contributed by atoms with Crippen molar-refractivity contribution in [2.75, 3.05) is 18.4 Å². The van der Waals surface area contributed by atoms with Gasteiger partial charge in [-0.05, 0) is 19.4 Å². The molecule has 0 radical (unpaired) electrons. The summed E-state index contributed by atoms with van der Waals surface area (Å²) in [7, 11) is 0. The molecule has 102 valence electrons. The first-order valence-corrected chi connectivity index (χ1v) is 6.53. The second kappa shape index (κ2) is 5.84. The summed E-state index contributed by atoms with van der Waals surface area (Å²) in [5, 5.41) is 8.58. The Morgan fingerprint density at radius 3 is 2.95 bits per heavy atom. The number of carbonyl (C=O) groups is 2. The van der Waals surface area contributed by atoms with Crippen LogP contribution in [0.15, 0.2) is 18.2 Å². The van der Waals surface area contributed by atoms with E-state index in [0.29, 0.717) is 6.54 Å². The molecule has 1 heterocycles. The SMILES string of the molecule is CCCNC(=O)CNC1C(=O)Nc2ccc(C)cc21. The van der Waals surface area contributed by atoms with Crippen molar-refractivity contribution in [3.05, 3.63) is 29.3 Å². The number of fused-ring (bicyclic) bond motifs is 1. The van der Waals surface area contributed by atoms with Gasteiger partial charge in [0, 0.05) is 17.8 Å². The molecule has 0 spiro atoms. The lowest BCUT2D eigenvalue weighted by Gasteiger charge is -2.11. The van der Waals surface area contributed by atoms with Crippen molar-refractivity contribution in [3.8, 4) is 0 Å². The quantitative estimate of drug-likeness (QED) is 0.743. The molecule has 0 fully saturated rings. The van der Waals surface area contributed by atoms with Gasteiger partial charge in [0.1, 0.15) is 6.04 Å². The standard InChI is InChI=1S/C14H19N3O2/c1-3-6-15-12(18)8-16-13-10-7-9(2)4-5-11(10)17-14(13)19/h4-5,7,13,16H,3,6,8H2,1-2H3,(H,15,18)(H,17,19). The van der Waals surface area contributed by atoms with E-state index in [-0.39, 0.29) is 18.4 Å². The zero-order valence-electron chi connectivity index (χ0n) is 11.2. The van der Waals surface area contributed by atoms with Crippen LogP contribution in [0.4, 0.5) is 5.69 Å². The predicted molar refractivity (Wildman–Crippen MR) is 73.9 cm³/mol. The fraction of sp³-hybridized carbons (Fsp3) is 0.429. The Morgan fingerprint density at radius 2 is 2.21 bits per heavy atom. The lowest BCUT2D eigenvalue weighted by atomic mass is 10.1. The van der Waals surface area contributed by atoms with Crippen molar-refractivity contribution in [1.29, 1.82) is 0 Å². The molecule has 1 unspecified atom stereocenters. The summed E-state index contributed by atoms with van der Waals surface area (Å²) in [6, 6.07) is 5.37. The highest BCUT2D eigenvalue weighted by molar-refractivity contribution is 6.02. The van der Waals surface area contributed by atoms with Crippen LogP contribution in [0.1, 0.15) is 30.5 Å². The van der Waals surface area contributed by atoms with Crippen molar-refractivity contribution in [1.82, 2.24) is 10.6 Å². The Morgan fingerprint density at radius 1 is 1.42 bits per heavy atom. The minimum Gasteiger partial charge on any atom is -0.355 e. The van der Waals surface area contributed by atoms with Crippen LogP contribution in [0.5, 0.6) is 0 Å². The van der Waals surface area contributed by atoms with E-state index in [1.54, 1.807) is 0 Å². The molecule has 5 nitrogen and oxygen atoms in total. The van der Waals surface area contributed by atoms with Gasteiger partial charge in [0.25, 0.3) is 0 Å². The third-order valence-corrected chi connectivity index (χ3v) is 3.08. The molecule has 0 saturated carbocycles. The fourth-order valence-electron chi connectivity index (χ4n) is 2.11. The number of benzene rings is 1. The highest BCUT2D eigenvalue weighted by Crippen LogP contribution is 2.31. The molecular formula is C14H19N3O2. The normalized spacial score (nSPS) is 16.9. The maximum absolute atomic E-state index is 11.9. The molecule has 0 saturated heterocycles. The van der Waals surface area contributed by atoms with Crippen LogP contribution in [-0.2, 0) is 9.59 Å². The molecular weight excluding hydrogens is 242 g/mol. The van der Waals surface area contributed by atoms with E-state index in [1.165, 1.54) is 0 Å². The minimum absolute atomic E-state index is 0.0873. The van der Waals surface area contributed by atoms with Gasteiger partial charge in [-0.25, -0.2) is 0 Å². The average molecular weight is 261 g/mol. The van der Waals surface area contributed by atoms with Crippen LogP contribution < -0.4 is 16.0 Å². The maximum atomic E-state index is 11.9. The first-order valence-electron chi connectivity index (χ1n) is 6.53. The molecule has 0 aromatic heterocycles. The monoisotopic (exact) mass is 261 g/mol.